The molecule has 0 aliphatic rings. The molecule has 0 unspecified atom stereocenters. The summed E-state index contributed by atoms with van der Waals surface area (Å²) in [6.45, 7) is 1.87. The predicted octanol–water partition coefficient (Wildman–Crippen LogP) is 3.85. The summed E-state index contributed by atoms with van der Waals surface area (Å²) in [5, 5.41) is 5.03. The lowest BCUT2D eigenvalue weighted by molar-refractivity contribution is -0.113. The molecule has 0 saturated heterocycles. The van der Waals surface area contributed by atoms with E-state index in [1.165, 1.54) is 36.5 Å². The minimum Gasteiger partial charge on any atom is -0.495 e. The van der Waals surface area contributed by atoms with E-state index in [9.17, 15) is 4.79 Å². The van der Waals surface area contributed by atoms with E-state index in [-0.39, 0.29) is 11.7 Å². The second-order valence-corrected chi connectivity index (χ2v) is 8.21. The summed E-state index contributed by atoms with van der Waals surface area (Å²) in [5.41, 5.74) is 2.08. The minimum absolute atomic E-state index is 0.163. The maximum absolute atomic E-state index is 12.4. The number of nitrogens with one attached hydrogen (secondary N) is 1. The Labute approximate surface area is 170 Å². The van der Waals surface area contributed by atoms with Gasteiger partial charge in [-0.1, -0.05) is 34.7 Å². The van der Waals surface area contributed by atoms with Gasteiger partial charge < -0.3 is 15.0 Å². The van der Waals surface area contributed by atoms with Crippen LogP contribution >= 0.6 is 34.7 Å². The van der Waals surface area contributed by atoms with Crippen molar-refractivity contribution in [2.45, 2.75) is 11.9 Å². The van der Waals surface area contributed by atoms with Gasteiger partial charge in [0.15, 0.2) is 10.8 Å². The molecule has 1 aromatic carbocycles. The van der Waals surface area contributed by atoms with Gasteiger partial charge in [-0.2, -0.15) is 4.98 Å². The van der Waals surface area contributed by atoms with Crippen LogP contribution in [-0.2, 0) is 4.79 Å². The van der Waals surface area contributed by atoms with E-state index in [4.69, 9.17) is 16.3 Å². The summed E-state index contributed by atoms with van der Waals surface area (Å²) in [5.74, 6) is 0.558. The maximum atomic E-state index is 12.4. The monoisotopic (exact) mass is 423 g/mol. The standard InChI is InChI=1S/C17H18ClN5O2S2/c1-9-5-11(12(25-4)6-10(9)18)21-13(24)7-26-16-14-15(19-8-20-16)22-17(27-14)23(2)3/h5-6,8H,7H2,1-4H3,(H,21,24). The predicted molar refractivity (Wildman–Crippen MR) is 112 cm³/mol. The molecular weight excluding hydrogens is 406 g/mol. The number of nitrogens with zero attached hydrogens (tertiary/aromatic N) is 4. The summed E-state index contributed by atoms with van der Waals surface area (Å²) >= 11 is 8.95. The second-order valence-electron chi connectivity index (χ2n) is 5.86. The minimum atomic E-state index is -0.163. The van der Waals surface area contributed by atoms with Crippen LogP contribution in [-0.4, -0.2) is 47.8 Å². The largest absolute Gasteiger partial charge is 0.495 e. The normalized spacial score (nSPS) is 10.9. The van der Waals surface area contributed by atoms with E-state index in [1.807, 2.05) is 25.9 Å². The van der Waals surface area contributed by atoms with Crippen LogP contribution in [0.15, 0.2) is 23.5 Å². The van der Waals surface area contributed by atoms with Crippen LogP contribution in [0.4, 0.5) is 10.8 Å². The smallest absolute Gasteiger partial charge is 0.234 e. The molecule has 1 N–H and O–H groups in total. The van der Waals surface area contributed by atoms with Crippen molar-refractivity contribution in [3.05, 3.63) is 29.0 Å². The molecule has 142 valence electrons. The molecule has 0 radical (unpaired) electrons. The first kappa shape index (κ1) is 19.7. The van der Waals surface area contributed by atoms with Crippen LogP contribution in [0.5, 0.6) is 5.75 Å². The first-order valence-electron chi connectivity index (χ1n) is 7.94. The Morgan fingerprint density at radius 1 is 1.37 bits per heavy atom. The molecule has 0 saturated carbocycles. The molecule has 0 atom stereocenters. The summed E-state index contributed by atoms with van der Waals surface area (Å²) < 4.78 is 6.16. The number of carbonyl (C=O) groups is 1. The number of halogens is 1. The third-order valence-electron chi connectivity index (χ3n) is 3.62. The number of benzene rings is 1. The average molecular weight is 424 g/mol. The van der Waals surface area contributed by atoms with Crippen LogP contribution in [0.1, 0.15) is 5.56 Å². The van der Waals surface area contributed by atoms with Crippen LogP contribution in [0, 0.1) is 6.92 Å². The van der Waals surface area contributed by atoms with Gasteiger partial charge in [0.25, 0.3) is 0 Å². The van der Waals surface area contributed by atoms with Gasteiger partial charge >= 0.3 is 0 Å². The number of carbonyl (C=O) groups excluding carboxylic acids is 1. The molecule has 0 fully saturated rings. The molecule has 1 amide bonds. The van der Waals surface area contributed by atoms with Gasteiger partial charge in [-0.05, 0) is 18.6 Å². The van der Waals surface area contributed by atoms with Crippen molar-refractivity contribution in [3.8, 4) is 5.75 Å². The number of amides is 1. The van der Waals surface area contributed by atoms with Crippen molar-refractivity contribution in [3.63, 3.8) is 0 Å². The Kier molecular flexibility index (Phi) is 6.03. The molecule has 0 aliphatic carbocycles. The van der Waals surface area contributed by atoms with Gasteiger partial charge in [-0.25, -0.2) is 9.97 Å². The van der Waals surface area contributed by atoms with Gasteiger partial charge in [0.05, 0.1) is 18.6 Å². The molecule has 2 heterocycles. The molecule has 0 spiro atoms. The fourth-order valence-electron chi connectivity index (χ4n) is 2.27. The highest BCUT2D eigenvalue weighted by Crippen LogP contribution is 2.34. The molecule has 0 bridgehead atoms. The van der Waals surface area contributed by atoms with E-state index in [1.54, 1.807) is 12.1 Å². The molecule has 10 heteroatoms. The Hall–Kier alpha value is -2.10. The zero-order chi connectivity index (χ0) is 19.6. The van der Waals surface area contributed by atoms with Crippen molar-refractivity contribution in [2.24, 2.45) is 0 Å². The molecule has 3 rings (SSSR count). The van der Waals surface area contributed by atoms with Crippen molar-refractivity contribution in [1.82, 2.24) is 15.0 Å². The lowest BCUT2D eigenvalue weighted by Gasteiger charge is -2.12. The van der Waals surface area contributed by atoms with Gasteiger partial charge in [-0.3, -0.25) is 4.79 Å². The SMILES string of the molecule is COc1cc(Cl)c(C)cc1NC(=O)CSc1ncnc2nc(N(C)C)sc12. The number of ether oxygens (including phenoxy) is 1. The zero-order valence-electron chi connectivity index (χ0n) is 15.2. The maximum Gasteiger partial charge on any atom is 0.234 e. The number of rotatable bonds is 6. The van der Waals surface area contributed by atoms with Crippen LogP contribution < -0.4 is 15.0 Å². The number of hydrogen-bond donors (Lipinski definition) is 1. The van der Waals surface area contributed by atoms with Crippen LogP contribution in [0.3, 0.4) is 0 Å². The Bertz CT molecular complexity index is 993. The number of thiazole rings is 1. The zero-order valence-corrected chi connectivity index (χ0v) is 17.6. The molecule has 3 aromatic rings. The van der Waals surface area contributed by atoms with E-state index in [0.29, 0.717) is 22.1 Å². The van der Waals surface area contributed by atoms with E-state index in [0.717, 1.165) is 20.4 Å². The molecule has 2 aromatic heterocycles. The number of hydrogen-bond acceptors (Lipinski definition) is 8. The fraction of sp³-hybridized carbons (Fsp3) is 0.294. The van der Waals surface area contributed by atoms with E-state index < -0.39 is 0 Å². The Balaban J connectivity index is 1.73. The number of anilines is 2. The van der Waals surface area contributed by atoms with Crippen molar-refractivity contribution in [2.75, 3.05) is 37.2 Å². The summed E-state index contributed by atoms with van der Waals surface area (Å²) in [6.07, 6.45) is 1.47. The van der Waals surface area contributed by atoms with E-state index >= 15 is 0 Å². The first-order chi connectivity index (χ1) is 12.9. The molecular formula is C17H18ClN5O2S2. The first-order valence-corrected chi connectivity index (χ1v) is 10.1. The van der Waals surface area contributed by atoms with Gasteiger partial charge in [0.2, 0.25) is 5.91 Å². The number of fused-ring (bicyclic) bond motifs is 1. The second kappa shape index (κ2) is 8.28. The highest BCUT2D eigenvalue weighted by molar-refractivity contribution is 8.00. The number of methoxy groups -OCH3 is 1. The van der Waals surface area contributed by atoms with Gasteiger partial charge in [0, 0.05) is 25.2 Å². The molecule has 27 heavy (non-hydrogen) atoms. The Morgan fingerprint density at radius 3 is 2.85 bits per heavy atom. The molecule has 7 nitrogen and oxygen atoms in total. The Morgan fingerprint density at radius 2 is 2.15 bits per heavy atom. The topological polar surface area (TPSA) is 80.2 Å². The third kappa shape index (κ3) is 4.42. The van der Waals surface area contributed by atoms with Crippen molar-refractivity contribution >= 4 is 61.8 Å². The lowest BCUT2D eigenvalue weighted by Crippen LogP contribution is -2.15. The molecule has 0 aliphatic heterocycles. The number of thioether (sulfide) groups is 1. The fourth-order valence-corrected chi connectivity index (χ4v) is 4.23. The van der Waals surface area contributed by atoms with Crippen molar-refractivity contribution in [1.29, 1.82) is 0 Å². The highest BCUT2D eigenvalue weighted by atomic mass is 35.5. The van der Waals surface area contributed by atoms with Gasteiger partial charge in [-0.15, -0.1) is 0 Å². The lowest BCUT2D eigenvalue weighted by atomic mass is 10.2. The summed E-state index contributed by atoms with van der Waals surface area (Å²) in [7, 11) is 5.38. The van der Waals surface area contributed by atoms with E-state index in [2.05, 4.69) is 20.3 Å². The summed E-state index contributed by atoms with van der Waals surface area (Å²) in [4.78, 5) is 27.3. The number of aromatic nitrogens is 3. The van der Waals surface area contributed by atoms with Crippen molar-refractivity contribution < 1.29 is 9.53 Å². The van der Waals surface area contributed by atoms with Gasteiger partial charge in [0.1, 0.15) is 21.8 Å². The third-order valence-corrected chi connectivity index (χ3v) is 6.37. The quantitative estimate of drug-likeness (QED) is 0.476. The summed E-state index contributed by atoms with van der Waals surface area (Å²) in [6, 6.07) is 3.48. The highest BCUT2D eigenvalue weighted by Gasteiger charge is 2.15. The van der Waals surface area contributed by atoms with Crippen LogP contribution in [0.25, 0.3) is 10.3 Å². The van der Waals surface area contributed by atoms with Crippen LogP contribution in [0.2, 0.25) is 5.02 Å². The number of aryl methyl sites for hydroxylation is 1. The average Bonchev–Trinajstić information content (AvgIpc) is 3.08.